The van der Waals surface area contributed by atoms with E-state index in [0.29, 0.717) is 23.1 Å². The average Bonchev–Trinajstić information content (AvgIpc) is 3.15. The number of likely N-dealkylation sites (tertiary alicyclic amines) is 1. The third-order valence-corrected chi connectivity index (χ3v) is 6.11. The van der Waals surface area contributed by atoms with Crippen molar-refractivity contribution in [2.24, 2.45) is 5.92 Å². The summed E-state index contributed by atoms with van der Waals surface area (Å²) in [6.45, 7) is 1.18. The Balaban J connectivity index is 1.63. The van der Waals surface area contributed by atoms with Gasteiger partial charge in [-0.1, -0.05) is 11.6 Å². The molecule has 0 radical (unpaired) electrons. The van der Waals surface area contributed by atoms with E-state index >= 15 is 0 Å². The van der Waals surface area contributed by atoms with Crippen molar-refractivity contribution in [3.8, 4) is 9.88 Å². The first kappa shape index (κ1) is 16.4. The maximum absolute atomic E-state index is 12.5. The van der Waals surface area contributed by atoms with Gasteiger partial charge in [0.15, 0.2) is 0 Å². The molecule has 2 aromatic rings. The number of carbonyl (C=O) groups excluding carboxylic acids is 1. The quantitative estimate of drug-likeness (QED) is 0.887. The molecule has 23 heavy (non-hydrogen) atoms. The molecule has 2 aromatic heterocycles. The van der Waals surface area contributed by atoms with Crippen LogP contribution in [0, 0.1) is 5.92 Å². The topological polar surface area (TPSA) is 70.5 Å². The van der Waals surface area contributed by atoms with Gasteiger partial charge in [0.25, 0.3) is 5.91 Å². The van der Waals surface area contributed by atoms with E-state index in [9.17, 15) is 9.59 Å². The Bertz CT molecular complexity index is 720. The maximum atomic E-state index is 12.5. The summed E-state index contributed by atoms with van der Waals surface area (Å²) < 4.78 is 0.698. The van der Waals surface area contributed by atoms with Gasteiger partial charge in [-0.05, 0) is 30.9 Å². The number of nitrogens with zero attached hydrogens (tertiary/aromatic N) is 2. The number of carboxylic acid groups (broad SMARTS) is 1. The normalized spacial score (nSPS) is 15.8. The standard InChI is InChI=1S/C15H15ClN2O3S2/c16-12-2-1-11(23-12)14-17-10(8-22-14)15(21)18-5-3-9(4-6-18)7-13(19)20/h1-2,8-9H,3-7H2,(H,19,20). The second-order valence-corrected chi connectivity index (χ2v) is 8.05. The number of carboxylic acids is 1. The average molecular weight is 371 g/mol. The zero-order chi connectivity index (χ0) is 16.4. The number of hydrogen-bond acceptors (Lipinski definition) is 5. The second kappa shape index (κ2) is 6.98. The Morgan fingerprint density at radius 1 is 1.35 bits per heavy atom. The van der Waals surface area contributed by atoms with Gasteiger partial charge in [0, 0.05) is 24.9 Å². The molecule has 5 nitrogen and oxygen atoms in total. The van der Waals surface area contributed by atoms with Crippen LogP contribution in [0.3, 0.4) is 0 Å². The molecule has 1 N–H and O–H groups in total. The lowest BCUT2D eigenvalue weighted by Gasteiger charge is -2.30. The fraction of sp³-hybridized carbons (Fsp3) is 0.400. The van der Waals surface area contributed by atoms with Crippen LogP contribution in [0.25, 0.3) is 9.88 Å². The van der Waals surface area contributed by atoms with Crippen molar-refractivity contribution in [2.75, 3.05) is 13.1 Å². The summed E-state index contributed by atoms with van der Waals surface area (Å²) >= 11 is 8.80. The van der Waals surface area contributed by atoms with E-state index < -0.39 is 5.97 Å². The highest BCUT2D eigenvalue weighted by Gasteiger charge is 2.26. The highest BCUT2D eigenvalue weighted by Crippen LogP contribution is 2.33. The third-order valence-electron chi connectivity index (χ3n) is 3.87. The van der Waals surface area contributed by atoms with E-state index in [-0.39, 0.29) is 18.2 Å². The van der Waals surface area contributed by atoms with Crippen molar-refractivity contribution in [1.82, 2.24) is 9.88 Å². The van der Waals surface area contributed by atoms with E-state index in [2.05, 4.69) is 4.98 Å². The van der Waals surface area contributed by atoms with Crippen molar-refractivity contribution >= 4 is 46.2 Å². The van der Waals surface area contributed by atoms with Crippen LogP contribution in [0.1, 0.15) is 29.8 Å². The first-order valence-corrected chi connectivity index (χ1v) is 9.32. The number of piperidine rings is 1. The number of aromatic nitrogens is 1. The first-order chi connectivity index (χ1) is 11.0. The Kier molecular flexibility index (Phi) is 4.99. The van der Waals surface area contributed by atoms with Crippen LogP contribution in [-0.2, 0) is 4.79 Å². The minimum Gasteiger partial charge on any atom is -0.481 e. The van der Waals surface area contributed by atoms with Crippen molar-refractivity contribution in [3.63, 3.8) is 0 Å². The lowest BCUT2D eigenvalue weighted by molar-refractivity contribution is -0.138. The number of rotatable bonds is 4. The number of hydrogen-bond donors (Lipinski definition) is 1. The summed E-state index contributed by atoms with van der Waals surface area (Å²) in [7, 11) is 0. The lowest BCUT2D eigenvalue weighted by Crippen LogP contribution is -2.39. The molecular weight excluding hydrogens is 356 g/mol. The first-order valence-electron chi connectivity index (χ1n) is 7.25. The van der Waals surface area contributed by atoms with Crippen LogP contribution in [0.4, 0.5) is 0 Å². The van der Waals surface area contributed by atoms with Gasteiger partial charge in [0.05, 0.1) is 9.21 Å². The van der Waals surface area contributed by atoms with Crippen LogP contribution >= 0.6 is 34.3 Å². The lowest BCUT2D eigenvalue weighted by atomic mass is 9.93. The third kappa shape index (κ3) is 3.91. The number of halogens is 1. The largest absolute Gasteiger partial charge is 0.481 e. The van der Waals surface area contributed by atoms with Gasteiger partial charge >= 0.3 is 5.97 Å². The van der Waals surface area contributed by atoms with Crippen LogP contribution in [-0.4, -0.2) is 40.0 Å². The zero-order valence-corrected chi connectivity index (χ0v) is 14.6. The monoisotopic (exact) mass is 370 g/mol. The molecule has 0 saturated carbocycles. The molecule has 0 aliphatic carbocycles. The number of carbonyl (C=O) groups is 2. The number of amides is 1. The Morgan fingerprint density at radius 2 is 2.09 bits per heavy atom. The van der Waals surface area contributed by atoms with Crippen molar-refractivity contribution < 1.29 is 14.7 Å². The minimum absolute atomic E-state index is 0.0797. The van der Waals surface area contributed by atoms with Gasteiger partial charge in [-0.2, -0.15) is 0 Å². The van der Waals surface area contributed by atoms with Gasteiger partial charge in [-0.25, -0.2) is 4.98 Å². The molecule has 0 aromatic carbocycles. The summed E-state index contributed by atoms with van der Waals surface area (Å²) in [6, 6.07) is 3.72. The van der Waals surface area contributed by atoms with Gasteiger partial charge < -0.3 is 10.0 Å². The van der Waals surface area contributed by atoms with E-state index in [1.807, 2.05) is 12.1 Å². The molecule has 3 rings (SSSR count). The van der Waals surface area contributed by atoms with E-state index in [1.54, 1.807) is 10.3 Å². The molecule has 1 fully saturated rings. The predicted octanol–water partition coefficient (Wildman–Crippen LogP) is 3.85. The highest BCUT2D eigenvalue weighted by molar-refractivity contribution is 7.23. The van der Waals surface area contributed by atoms with Gasteiger partial charge in [0.1, 0.15) is 10.7 Å². The van der Waals surface area contributed by atoms with Gasteiger partial charge in [-0.15, -0.1) is 22.7 Å². The molecule has 1 aliphatic rings. The van der Waals surface area contributed by atoms with E-state index in [1.165, 1.54) is 22.7 Å². The minimum atomic E-state index is -0.770. The molecule has 0 atom stereocenters. The summed E-state index contributed by atoms with van der Waals surface area (Å²) in [5.41, 5.74) is 0.450. The summed E-state index contributed by atoms with van der Waals surface area (Å²) in [5.74, 6) is -0.687. The van der Waals surface area contributed by atoms with Gasteiger partial charge in [0.2, 0.25) is 0 Å². The van der Waals surface area contributed by atoms with Crippen molar-refractivity contribution in [1.29, 1.82) is 0 Å². The van der Waals surface area contributed by atoms with E-state index in [0.717, 1.165) is 22.7 Å². The Labute approximate surface area is 146 Å². The van der Waals surface area contributed by atoms with Crippen molar-refractivity contribution in [3.05, 3.63) is 27.5 Å². The fourth-order valence-electron chi connectivity index (χ4n) is 2.66. The van der Waals surface area contributed by atoms with E-state index in [4.69, 9.17) is 16.7 Å². The molecule has 0 unspecified atom stereocenters. The molecule has 1 aliphatic heterocycles. The second-order valence-electron chi connectivity index (χ2n) is 5.48. The summed E-state index contributed by atoms with van der Waals surface area (Å²) in [6.07, 6.45) is 1.65. The molecule has 0 spiro atoms. The SMILES string of the molecule is O=C(O)CC1CCN(C(=O)c2csc(-c3ccc(Cl)s3)n2)CC1. The summed E-state index contributed by atoms with van der Waals surface area (Å²) in [5, 5.41) is 11.4. The van der Waals surface area contributed by atoms with Crippen LogP contribution in [0.2, 0.25) is 4.34 Å². The molecule has 0 bridgehead atoms. The number of aliphatic carboxylic acids is 1. The number of thiazole rings is 1. The molecule has 3 heterocycles. The van der Waals surface area contributed by atoms with Crippen molar-refractivity contribution in [2.45, 2.75) is 19.3 Å². The molecule has 1 saturated heterocycles. The number of thiophene rings is 1. The predicted molar refractivity (Wildman–Crippen MR) is 91.3 cm³/mol. The van der Waals surface area contributed by atoms with Crippen LogP contribution < -0.4 is 0 Å². The zero-order valence-electron chi connectivity index (χ0n) is 12.2. The fourth-order valence-corrected chi connectivity index (χ4v) is 4.57. The molecule has 8 heteroatoms. The highest BCUT2D eigenvalue weighted by atomic mass is 35.5. The van der Waals surface area contributed by atoms with Crippen LogP contribution in [0.15, 0.2) is 17.5 Å². The maximum Gasteiger partial charge on any atom is 0.303 e. The molecular formula is C15H15ClN2O3S2. The Morgan fingerprint density at radius 3 is 2.70 bits per heavy atom. The van der Waals surface area contributed by atoms with Crippen LogP contribution in [0.5, 0.6) is 0 Å². The Hall–Kier alpha value is -1.44. The molecule has 1 amide bonds. The molecule has 122 valence electrons. The smallest absolute Gasteiger partial charge is 0.303 e. The van der Waals surface area contributed by atoms with Gasteiger partial charge in [-0.3, -0.25) is 9.59 Å². The summed E-state index contributed by atoms with van der Waals surface area (Å²) in [4.78, 5) is 30.4.